The highest BCUT2D eigenvalue weighted by Gasteiger charge is 2.06. The molecule has 0 unspecified atom stereocenters. The van der Waals surface area contributed by atoms with Gasteiger partial charge in [0.15, 0.2) is 23.9 Å². The summed E-state index contributed by atoms with van der Waals surface area (Å²) in [5.41, 5.74) is 0.822. The van der Waals surface area contributed by atoms with Crippen LogP contribution in [-0.2, 0) is 4.84 Å². The zero-order valence-electron chi connectivity index (χ0n) is 13.3. The minimum absolute atomic E-state index is 0.255. The van der Waals surface area contributed by atoms with E-state index in [1.54, 1.807) is 50.8 Å². The molecule has 0 aliphatic carbocycles. The van der Waals surface area contributed by atoms with Crippen molar-refractivity contribution in [2.24, 2.45) is 5.16 Å². The summed E-state index contributed by atoms with van der Waals surface area (Å²) < 4.78 is 15.9. The smallest absolute Gasteiger partial charge is 0.161 e. The molecule has 0 N–H and O–H groups in total. The number of nitrogens with zero attached hydrogens (tertiary/aromatic N) is 1. The Labute approximate surface area is 150 Å². The van der Waals surface area contributed by atoms with Crippen LogP contribution in [0.2, 0.25) is 10.0 Å². The maximum absolute atomic E-state index is 6.00. The zero-order chi connectivity index (χ0) is 17.4. The fraction of sp³-hybridized carbons (Fsp3) is 0.235. The number of methoxy groups -OCH3 is 2. The van der Waals surface area contributed by atoms with E-state index in [1.807, 2.05) is 6.07 Å². The maximum Gasteiger partial charge on any atom is 0.161 e. The van der Waals surface area contributed by atoms with Crippen LogP contribution in [0.4, 0.5) is 0 Å². The van der Waals surface area contributed by atoms with Crippen LogP contribution in [0.1, 0.15) is 5.56 Å². The minimum atomic E-state index is 0.255. The van der Waals surface area contributed by atoms with E-state index in [0.717, 1.165) is 5.56 Å². The highest BCUT2D eigenvalue weighted by molar-refractivity contribution is 6.37. The first-order chi connectivity index (χ1) is 11.7. The summed E-state index contributed by atoms with van der Waals surface area (Å²) in [4.78, 5) is 5.16. The van der Waals surface area contributed by atoms with Gasteiger partial charge in [0.1, 0.15) is 6.61 Å². The van der Waals surface area contributed by atoms with Crippen LogP contribution in [0.3, 0.4) is 0 Å². The fourth-order valence-electron chi connectivity index (χ4n) is 1.89. The lowest BCUT2D eigenvalue weighted by molar-refractivity contribution is 0.108. The minimum Gasteiger partial charge on any atom is -0.493 e. The molecule has 2 aromatic carbocycles. The molecule has 0 aliphatic rings. The lowest BCUT2D eigenvalue weighted by Crippen LogP contribution is -2.05. The maximum atomic E-state index is 6.00. The zero-order valence-corrected chi connectivity index (χ0v) is 14.8. The monoisotopic (exact) mass is 369 g/mol. The Balaban J connectivity index is 1.81. The summed E-state index contributed by atoms with van der Waals surface area (Å²) >= 11 is 12.0. The molecule has 24 heavy (non-hydrogen) atoms. The summed E-state index contributed by atoms with van der Waals surface area (Å²) in [5, 5.41) is 4.79. The van der Waals surface area contributed by atoms with Gasteiger partial charge in [0.05, 0.1) is 30.5 Å². The number of rotatable bonds is 8. The Hall–Kier alpha value is -2.11. The van der Waals surface area contributed by atoms with Crippen molar-refractivity contribution in [3.05, 3.63) is 52.0 Å². The van der Waals surface area contributed by atoms with Crippen LogP contribution in [0.5, 0.6) is 17.2 Å². The molecule has 0 spiro atoms. The van der Waals surface area contributed by atoms with E-state index >= 15 is 0 Å². The van der Waals surface area contributed by atoms with Crippen LogP contribution in [0.25, 0.3) is 0 Å². The molecule has 0 aliphatic heterocycles. The second-order valence-electron chi connectivity index (χ2n) is 4.58. The molecule has 0 atom stereocenters. The topological polar surface area (TPSA) is 49.3 Å². The number of oxime groups is 1. The van der Waals surface area contributed by atoms with Crippen molar-refractivity contribution in [3.63, 3.8) is 0 Å². The standard InChI is InChI=1S/C17H17Cl2NO4/c1-21-15-7-6-12(10-16(15)22-2)11-20-24-9-8-23-17-13(18)4-3-5-14(17)19/h3-7,10-11H,8-9H2,1-2H3/b20-11+. The van der Waals surface area contributed by atoms with Gasteiger partial charge in [-0.2, -0.15) is 0 Å². The fourth-order valence-corrected chi connectivity index (χ4v) is 2.39. The van der Waals surface area contributed by atoms with Gasteiger partial charge in [0.25, 0.3) is 0 Å². The van der Waals surface area contributed by atoms with Gasteiger partial charge in [0, 0.05) is 5.56 Å². The largest absolute Gasteiger partial charge is 0.493 e. The number of halogens is 2. The third-order valence-electron chi connectivity index (χ3n) is 3.02. The van der Waals surface area contributed by atoms with Crippen LogP contribution in [0, 0.1) is 0 Å². The molecule has 128 valence electrons. The number of benzene rings is 2. The highest BCUT2D eigenvalue weighted by Crippen LogP contribution is 2.32. The molecule has 0 bridgehead atoms. The third-order valence-corrected chi connectivity index (χ3v) is 3.62. The Kier molecular flexibility index (Phi) is 7.03. The van der Waals surface area contributed by atoms with Gasteiger partial charge in [-0.1, -0.05) is 34.4 Å². The van der Waals surface area contributed by atoms with Crippen LogP contribution >= 0.6 is 23.2 Å². The van der Waals surface area contributed by atoms with Gasteiger partial charge in [-0.3, -0.25) is 0 Å². The van der Waals surface area contributed by atoms with Gasteiger partial charge in [0.2, 0.25) is 0 Å². The number of hydrogen-bond acceptors (Lipinski definition) is 5. The van der Waals surface area contributed by atoms with E-state index in [2.05, 4.69) is 5.16 Å². The SMILES string of the molecule is COc1ccc(/C=N/OCCOc2c(Cl)cccc2Cl)cc1OC. The lowest BCUT2D eigenvalue weighted by Gasteiger charge is -2.09. The van der Waals surface area contributed by atoms with Crippen LogP contribution in [0.15, 0.2) is 41.6 Å². The Morgan fingerprint density at radius 2 is 1.67 bits per heavy atom. The molecule has 0 amide bonds. The molecular weight excluding hydrogens is 353 g/mol. The van der Waals surface area contributed by atoms with E-state index in [4.69, 9.17) is 42.3 Å². The highest BCUT2D eigenvalue weighted by atomic mass is 35.5. The van der Waals surface area contributed by atoms with Crippen molar-refractivity contribution >= 4 is 29.4 Å². The van der Waals surface area contributed by atoms with E-state index < -0.39 is 0 Å². The molecule has 2 rings (SSSR count). The average Bonchev–Trinajstić information content (AvgIpc) is 2.59. The van der Waals surface area contributed by atoms with E-state index in [1.165, 1.54) is 0 Å². The van der Waals surface area contributed by atoms with Crippen molar-refractivity contribution in [1.29, 1.82) is 0 Å². The molecule has 0 saturated heterocycles. The summed E-state index contributed by atoms with van der Waals surface area (Å²) in [5.74, 6) is 1.71. The van der Waals surface area contributed by atoms with Crippen molar-refractivity contribution < 1.29 is 19.0 Å². The Morgan fingerprint density at radius 3 is 2.33 bits per heavy atom. The quantitative estimate of drug-likeness (QED) is 0.392. The summed E-state index contributed by atoms with van der Waals surface area (Å²) in [6.45, 7) is 0.526. The first kappa shape index (κ1) is 18.2. The second kappa shape index (κ2) is 9.25. The van der Waals surface area contributed by atoms with Crippen LogP contribution < -0.4 is 14.2 Å². The van der Waals surface area contributed by atoms with E-state index in [0.29, 0.717) is 27.3 Å². The van der Waals surface area contributed by atoms with Crippen LogP contribution in [-0.4, -0.2) is 33.6 Å². The van der Waals surface area contributed by atoms with E-state index in [-0.39, 0.29) is 13.2 Å². The van der Waals surface area contributed by atoms with Crippen molar-refractivity contribution in [2.45, 2.75) is 0 Å². The number of para-hydroxylation sites is 1. The van der Waals surface area contributed by atoms with Gasteiger partial charge in [-0.15, -0.1) is 0 Å². The lowest BCUT2D eigenvalue weighted by atomic mass is 10.2. The van der Waals surface area contributed by atoms with Gasteiger partial charge in [-0.05, 0) is 30.3 Å². The van der Waals surface area contributed by atoms with Crippen molar-refractivity contribution in [1.82, 2.24) is 0 Å². The van der Waals surface area contributed by atoms with Gasteiger partial charge < -0.3 is 19.0 Å². The Bertz CT molecular complexity index is 687. The molecule has 0 saturated carbocycles. The van der Waals surface area contributed by atoms with Gasteiger partial charge >= 0.3 is 0 Å². The normalized spacial score (nSPS) is 10.7. The third kappa shape index (κ3) is 4.94. The van der Waals surface area contributed by atoms with Gasteiger partial charge in [-0.25, -0.2) is 0 Å². The van der Waals surface area contributed by atoms with E-state index in [9.17, 15) is 0 Å². The second-order valence-corrected chi connectivity index (χ2v) is 5.40. The predicted octanol–water partition coefficient (Wildman–Crippen LogP) is 4.44. The molecule has 5 nitrogen and oxygen atoms in total. The molecule has 0 fully saturated rings. The molecule has 0 radical (unpaired) electrons. The first-order valence-corrected chi connectivity index (χ1v) is 7.85. The molecule has 0 aromatic heterocycles. The Morgan fingerprint density at radius 1 is 0.958 bits per heavy atom. The molecule has 2 aromatic rings. The van der Waals surface area contributed by atoms with Crippen molar-refractivity contribution in [3.8, 4) is 17.2 Å². The number of ether oxygens (including phenoxy) is 3. The average molecular weight is 370 g/mol. The molecule has 7 heteroatoms. The predicted molar refractivity (Wildman–Crippen MR) is 95.0 cm³/mol. The molecular formula is C17H17Cl2NO4. The summed E-state index contributed by atoms with van der Waals surface area (Å²) in [6.07, 6.45) is 1.57. The molecule has 0 heterocycles. The first-order valence-electron chi connectivity index (χ1n) is 7.10. The van der Waals surface area contributed by atoms with Crippen molar-refractivity contribution in [2.75, 3.05) is 27.4 Å². The summed E-state index contributed by atoms with van der Waals surface area (Å²) in [7, 11) is 3.16. The summed E-state index contributed by atoms with van der Waals surface area (Å²) in [6, 6.07) is 10.6. The number of hydrogen-bond donors (Lipinski definition) is 0.